The fourth-order valence-electron chi connectivity index (χ4n) is 2.97. The Balaban J connectivity index is 1.56. The minimum Gasteiger partial charge on any atom is -0.495 e. The second kappa shape index (κ2) is 7.26. The maximum absolute atomic E-state index is 12.7. The maximum atomic E-state index is 12.7. The van der Waals surface area contributed by atoms with Crippen molar-refractivity contribution in [2.75, 3.05) is 20.2 Å². The molecule has 1 fully saturated rings. The van der Waals surface area contributed by atoms with Crippen LogP contribution in [0.25, 0.3) is 0 Å². The molecule has 3 heterocycles. The Morgan fingerprint density at radius 2 is 2.08 bits per heavy atom. The zero-order valence-corrected chi connectivity index (χ0v) is 15.4. The van der Waals surface area contributed by atoms with Crippen molar-refractivity contribution in [3.63, 3.8) is 0 Å². The van der Waals surface area contributed by atoms with E-state index in [-0.39, 0.29) is 17.9 Å². The van der Waals surface area contributed by atoms with Crippen LogP contribution in [-0.4, -0.2) is 52.7 Å². The molecule has 0 aromatic carbocycles. The van der Waals surface area contributed by atoms with Crippen LogP contribution in [0.3, 0.4) is 0 Å². The summed E-state index contributed by atoms with van der Waals surface area (Å²) in [6.45, 7) is 3.21. The molecule has 7 nitrogen and oxygen atoms in total. The number of aromatic nitrogens is 2. The zero-order chi connectivity index (χ0) is 18.0. The summed E-state index contributed by atoms with van der Waals surface area (Å²) in [7, 11) is 3.36. The van der Waals surface area contributed by atoms with Crippen LogP contribution in [0.1, 0.15) is 37.7 Å². The number of methoxy groups -OCH3 is 1. The van der Waals surface area contributed by atoms with Crippen molar-refractivity contribution >= 4 is 23.2 Å². The van der Waals surface area contributed by atoms with Gasteiger partial charge in [0.05, 0.1) is 18.9 Å². The van der Waals surface area contributed by atoms with Gasteiger partial charge in [0, 0.05) is 37.3 Å². The van der Waals surface area contributed by atoms with Crippen LogP contribution in [0.5, 0.6) is 5.75 Å². The Kier molecular flexibility index (Phi) is 5.08. The molecule has 0 spiro atoms. The molecule has 0 aliphatic carbocycles. The van der Waals surface area contributed by atoms with Crippen molar-refractivity contribution < 1.29 is 14.3 Å². The van der Waals surface area contributed by atoms with Gasteiger partial charge in [-0.25, -0.2) is 0 Å². The van der Waals surface area contributed by atoms with E-state index in [1.165, 1.54) is 11.3 Å². The molecule has 2 amide bonds. The zero-order valence-electron chi connectivity index (χ0n) is 14.6. The third kappa shape index (κ3) is 3.84. The number of amides is 2. The summed E-state index contributed by atoms with van der Waals surface area (Å²) >= 11 is 1.46. The molecular formula is C17H22N4O3S. The van der Waals surface area contributed by atoms with E-state index in [2.05, 4.69) is 10.4 Å². The monoisotopic (exact) mass is 362 g/mol. The van der Waals surface area contributed by atoms with Gasteiger partial charge in [0.1, 0.15) is 10.6 Å². The highest BCUT2D eigenvalue weighted by molar-refractivity contribution is 7.14. The molecule has 3 rings (SSSR count). The van der Waals surface area contributed by atoms with Crippen molar-refractivity contribution in [1.29, 1.82) is 0 Å². The smallest absolute Gasteiger partial charge is 0.267 e. The third-order valence-electron chi connectivity index (χ3n) is 4.32. The minimum absolute atomic E-state index is 0.00647. The molecule has 2 aromatic heterocycles. The van der Waals surface area contributed by atoms with Gasteiger partial charge >= 0.3 is 0 Å². The average molecular weight is 362 g/mol. The molecule has 0 bridgehead atoms. The molecule has 1 aliphatic heterocycles. The number of ether oxygens (including phenoxy) is 1. The Morgan fingerprint density at radius 3 is 2.68 bits per heavy atom. The fraction of sp³-hybridized carbons (Fsp3) is 0.471. The Labute approximate surface area is 150 Å². The van der Waals surface area contributed by atoms with Gasteiger partial charge in [0.25, 0.3) is 11.8 Å². The summed E-state index contributed by atoms with van der Waals surface area (Å²) in [4.78, 5) is 28.4. The van der Waals surface area contributed by atoms with E-state index in [1.807, 2.05) is 17.9 Å². The van der Waals surface area contributed by atoms with Gasteiger partial charge in [-0.1, -0.05) is 0 Å². The van der Waals surface area contributed by atoms with Crippen LogP contribution in [0.2, 0.25) is 0 Å². The van der Waals surface area contributed by atoms with Crippen LogP contribution >= 0.6 is 11.3 Å². The second-order valence-electron chi connectivity index (χ2n) is 6.20. The molecule has 0 radical (unpaired) electrons. The molecule has 2 aromatic rings. The molecule has 134 valence electrons. The van der Waals surface area contributed by atoms with E-state index >= 15 is 0 Å². The molecule has 25 heavy (non-hydrogen) atoms. The largest absolute Gasteiger partial charge is 0.495 e. The van der Waals surface area contributed by atoms with Crippen LogP contribution in [-0.2, 0) is 7.05 Å². The maximum Gasteiger partial charge on any atom is 0.267 e. The van der Waals surface area contributed by atoms with Gasteiger partial charge in [0.15, 0.2) is 0 Å². The number of piperidine rings is 1. The van der Waals surface area contributed by atoms with E-state index in [4.69, 9.17) is 4.74 Å². The van der Waals surface area contributed by atoms with Crippen molar-refractivity contribution in [2.24, 2.45) is 7.05 Å². The normalized spacial score (nSPS) is 15.2. The summed E-state index contributed by atoms with van der Waals surface area (Å²) in [5.74, 6) is 0.528. The molecule has 1 N–H and O–H groups in total. The van der Waals surface area contributed by atoms with Gasteiger partial charge in [-0.15, -0.1) is 11.3 Å². The van der Waals surface area contributed by atoms with E-state index in [0.717, 1.165) is 17.7 Å². The van der Waals surface area contributed by atoms with Crippen LogP contribution < -0.4 is 10.1 Å². The number of nitrogens with zero attached hydrogens (tertiary/aromatic N) is 3. The van der Waals surface area contributed by atoms with E-state index in [9.17, 15) is 9.59 Å². The van der Waals surface area contributed by atoms with E-state index in [0.29, 0.717) is 29.3 Å². The van der Waals surface area contributed by atoms with E-state index < -0.39 is 0 Å². The average Bonchev–Trinajstić information content (AvgIpc) is 3.20. The van der Waals surface area contributed by atoms with Gasteiger partial charge in [-0.2, -0.15) is 5.10 Å². The van der Waals surface area contributed by atoms with Crippen LogP contribution in [0.15, 0.2) is 18.5 Å². The van der Waals surface area contributed by atoms with Gasteiger partial charge in [-0.05, 0) is 25.8 Å². The van der Waals surface area contributed by atoms with Crippen molar-refractivity contribution in [3.8, 4) is 5.75 Å². The third-order valence-corrected chi connectivity index (χ3v) is 5.34. The molecule has 0 atom stereocenters. The highest BCUT2D eigenvalue weighted by Crippen LogP contribution is 2.30. The first-order valence-corrected chi connectivity index (χ1v) is 9.02. The number of rotatable bonds is 4. The fourth-order valence-corrected chi connectivity index (χ4v) is 3.92. The van der Waals surface area contributed by atoms with E-state index in [1.54, 1.807) is 31.2 Å². The SMILES string of the molecule is COc1cc(C)sc1C(=O)N1CCC(NC(=O)c2cnn(C)c2)CC1. The first-order valence-electron chi connectivity index (χ1n) is 8.21. The lowest BCUT2D eigenvalue weighted by molar-refractivity contribution is 0.0700. The molecular weight excluding hydrogens is 340 g/mol. The summed E-state index contributed by atoms with van der Waals surface area (Å²) in [5.41, 5.74) is 0.555. The summed E-state index contributed by atoms with van der Waals surface area (Å²) < 4.78 is 6.90. The summed E-state index contributed by atoms with van der Waals surface area (Å²) in [6, 6.07) is 1.96. The van der Waals surface area contributed by atoms with Crippen LogP contribution in [0.4, 0.5) is 0 Å². The number of likely N-dealkylation sites (tertiary alicyclic amines) is 1. The van der Waals surface area contributed by atoms with Crippen molar-refractivity contribution in [2.45, 2.75) is 25.8 Å². The Morgan fingerprint density at radius 1 is 1.36 bits per heavy atom. The quantitative estimate of drug-likeness (QED) is 0.900. The molecule has 0 unspecified atom stereocenters. The number of nitrogens with one attached hydrogen (secondary N) is 1. The molecule has 0 saturated carbocycles. The van der Waals surface area contributed by atoms with Crippen LogP contribution in [0, 0.1) is 6.92 Å². The standard InChI is InChI=1S/C17H22N4O3S/c1-11-8-14(24-3)15(25-11)17(23)21-6-4-13(5-7-21)19-16(22)12-9-18-20(2)10-12/h8-10,13H,4-7H2,1-3H3,(H,19,22). The lowest BCUT2D eigenvalue weighted by Gasteiger charge is -2.32. The van der Waals surface area contributed by atoms with Gasteiger partial charge in [-0.3, -0.25) is 14.3 Å². The lowest BCUT2D eigenvalue weighted by Crippen LogP contribution is -2.46. The van der Waals surface area contributed by atoms with Crippen molar-refractivity contribution in [3.05, 3.63) is 33.8 Å². The summed E-state index contributed by atoms with van der Waals surface area (Å²) in [6.07, 6.45) is 4.73. The highest BCUT2D eigenvalue weighted by atomic mass is 32.1. The number of carbonyl (C=O) groups excluding carboxylic acids is 2. The predicted molar refractivity (Wildman–Crippen MR) is 95.2 cm³/mol. The molecule has 1 saturated heterocycles. The van der Waals surface area contributed by atoms with Gasteiger partial charge < -0.3 is 15.0 Å². The number of carbonyl (C=O) groups is 2. The highest BCUT2D eigenvalue weighted by Gasteiger charge is 2.27. The molecule has 1 aliphatic rings. The topological polar surface area (TPSA) is 76.5 Å². The first-order chi connectivity index (χ1) is 12.0. The second-order valence-corrected chi connectivity index (χ2v) is 7.45. The Hall–Kier alpha value is -2.35. The lowest BCUT2D eigenvalue weighted by atomic mass is 10.0. The first kappa shape index (κ1) is 17.5. The Bertz CT molecular complexity index is 775. The number of hydrogen-bond donors (Lipinski definition) is 1. The number of aryl methyl sites for hydroxylation is 2. The molecule has 8 heteroatoms. The van der Waals surface area contributed by atoms with Gasteiger partial charge in [0.2, 0.25) is 0 Å². The summed E-state index contributed by atoms with van der Waals surface area (Å²) in [5, 5.41) is 7.03. The number of hydrogen-bond acceptors (Lipinski definition) is 5. The predicted octanol–water partition coefficient (Wildman–Crippen LogP) is 1.83. The number of thiophene rings is 1. The minimum atomic E-state index is -0.117. The van der Waals surface area contributed by atoms with Crippen molar-refractivity contribution in [1.82, 2.24) is 20.0 Å².